The van der Waals surface area contributed by atoms with Crippen molar-refractivity contribution < 1.29 is 31.9 Å². The molecule has 0 aliphatic heterocycles. The van der Waals surface area contributed by atoms with E-state index >= 15 is 0 Å². The van der Waals surface area contributed by atoms with Gasteiger partial charge in [0.15, 0.2) is 0 Å². The highest BCUT2D eigenvalue weighted by Crippen LogP contribution is 2.38. The fraction of sp³-hybridized carbons (Fsp3) is 0.0667. The van der Waals surface area contributed by atoms with Gasteiger partial charge in [0.1, 0.15) is 17.1 Å². The molecule has 0 amide bonds. The first-order chi connectivity index (χ1) is 18.2. The molecule has 8 heteroatoms. The Morgan fingerprint density at radius 1 is 0.789 bits per heavy atom. The summed E-state index contributed by atoms with van der Waals surface area (Å²) in [5, 5.41) is -0.160. The second-order valence-corrected chi connectivity index (χ2v) is 8.50. The lowest BCUT2D eigenvalue weighted by atomic mass is 10.0. The monoisotopic (exact) mass is 516 g/mol. The van der Waals surface area contributed by atoms with Crippen molar-refractivity contribution in [1.29, 1.82) is 0 Å². The lowest BCUT2D eigenvalue weighted by Crippen LogP contribution is -2.15. The number of benzene rings is 4. The molecule has 0 fully saturated rings. The standard InChI is InChI=1S/C30H19F3O5/c1-18-6-5-9-22(16-18)36-27-26(34)24-15-14-23(17-25(24)38-28(27)30(31,32)33)37-29(35)21-12-10-20(11-13-21)19-7-3-2-4-8-19/h2-17H,1H3. The molecule has 0 aliphatic rings. The maximum Gasteiger partial charge on any atom is 0.453 e. The van der Waals surface area contributed by atoms with E-state index in [4.69, 9.17) is 13.9 Å². The Kier molecular flexibility index (Phi) is 6.46. The van der Waals surface area contributed by atoms with E-state index in [0.717, 1.165) is 22.8 Å². The summed E-state index contributed by atoms with van der Waals surface area (Å²) in [6.45, 7) is 1.74. The highest BCUT2D eigenvalue weighted by atomic mass is 19.4. The summed E-state index contributed by atoms with van der Waals surface area (Å²) >= 11 is 0. The summed E-state index contributed by atoms with van der Waals surface area (Å²) in [5.41, 5.74) is 1.45. The molecule has 0 atom stereocenters. The third-order valence-corrected chi connectivity index (χ3v) is 5.73. The molecule has 1 heterocycles. The van der Waals surface area contributed by atoms with E-state index in [-0.39, 0.29) is 22.4 Å². The van der Waals surface area contributed by atoms with Gasteiger partial charge in [-0.3, -0.25) is 4.79 Å². The van der Waals surface area contributed by atoms with Gasteiger partial charge in [0.05, 0.1) is 10.9 Å². The molecule has 0 bridgehead atoms. The van der Waals surface area contributed by atoms with Gasteiger partial charge in [0, 0.05) is 6.07 Å². The second-order valence-electron chi connectivity index (χ2n) is 8.50. The predicted octanol–water partition coefficient (Wildman–Crippen LogP) is 7.80. The van der Waals surface area contributed by atoms with Gasteiger partial charge in [-0.25, -0.2) is 4.79 Å². The molecular weight excluding hydrogens is 497 g/mol. The van der Waals surface area contributed by atoms with Gasteiger partial charge in [-0.2, -0.15) is 13.2 Å². The number of halogens is 3. The molecule has 4 aromatic carbocycles. The van der Waals surface area contributed by atoms with Gasteiger partial charge < -0.3 is 13.9 Å². The normalized spacial score (nSPS) is 11.4. The summed E-state index contributed by atoms with van der Waals surface area (Å²) in [6.07, 6.45) is -5.01. The van der Waals surface area contributed by atoms with Crippen LogP contribution >= 0.6 is 0 Å². The van der Waals surface area contributed by atoms with Crippen LogP contribution in [0.25, 0.3) is 22.1 Å². The van der Waals surface area contributed by atoms with Crippen LogP contribution in [0.2, 0.25) is 0 Å². The van der Waals surface area contributed by atoms with Gasteiger partial charge in [0.2, 0.25) is 11.2 Å². The molecule has 0 N–H and O–H groups in total. The molecule has 5 aromatic rings. The summed E-state index contributed by atoms with van der Waals surface area (Å²) < 4.78 is 57.3. The highest BCUT2D eigenvalue weighted by molar-refractivity contribution is 5.92. The minimum atomic E-state index is -5.01. The van der Waals surface area contributed by atoms with Gasteiger partial charge in [0.25, 0.3) is 5.76 Å². The zero-order valence-corrected chi connectivity index (χ0v) is 19.9. The Morgan fingerprint density at radius 2 is 1.50 bits per heavy atom. The first-order valence-corrected chi connectivity index (χ1v) is 11.5. The van der Waals surface area contributed by atoms with Crippen LogP contribution in [0.4, 0.5) is 13.2 Å². The molecule has 5 rings (SSSR count). The summed E-state index contributed by atoms with van der Waals surface area (Å²) in [7, 11) is 0. The fourth-order valence-electron chi connectivity index (χ4n) is 3.89. The number of alkyl halides is 3. The second kappa shape index (κ2) is 9.89. The number of aryl methyl sites for hydroxylation is 1. The van der Waals surface area contributed by atoms with E-state index in [0.29, 0.717) is 0 Å². The van der Waals surface area contributed by atoms with E-state index in [9.17, 15) is 22.8 Å². The SMILES string of the molecule is Cc1cccc(Oc2c(C(F)(F)F)oc3cc(OC(=O)c4ccc(-c5ccccc5)cc4)ccc3c2=O)c1. The number of rotatable bonds is 5. The van der Waals surface area contributed by atoms with Gasteiger partial charge >= 0.3 is 12.1 Å². The Hall–Kier alpha value is -4.85. The smallest absolute Gasteiger partial charge is 0.449 e. The van der Waals surface area contributed by atoms with Crippen LogP contribution in [-0.4, -0.2) is 5.97 Å². The van der Waals surface area contributed by atoms with Crippen LogP contribution in [0.15, 0.2) is 106 Å². The van der Waals surface area contributed by atoms with Crippen LogP contribution in [0.3, 0.4) is 0 Å². The molecule has 190 valence electrons. The van der Waals surface area contributed by atoms with Crippen molar-refractivity contribution in [2.75, 3.05) is 0 Å². The zero-order valence-electron chi connectivity index (χ0n) is 19.9. The molecule has 0 unspecified atom stereocenters. The lowest BCUT2D eigenvalue weighted by Gasteiger charge is -2.14. The van der Waals surface area contributed by atoms with E-state index in [1.165, 1.54) is 24.3 Å². The van der Waals surface area contributed by atoms with Crippen molar-refractivity contribution in [2.45, 2.75) is 13.1 Å². The van der Waals surface area contributed by atoms with Crippen LogP contribution < -0.4 is 14.9 Å². The van der Waals surface area contributed by atoms with Crippen LogP contribution in [-0.2, 0) is 6.18 Å². The number of carbonyl (C=O) groups excluding carboxylic acids is 1. The van der Waals surface area contributed by atoms with Crippen molar-refractivity contribution in [1.82, 2.24) is 0 Å². The largest absolute Gasteiger partial charge is 0.453 e. The van der Waals surface area contributed by atoms with E-state index in [1.54, 1.807) is 43.3 Å². The Morgan fingerprint density at radius 3 is 2.18 bits per heavy atom. The van der Waals surface area contributed by atoms with Gasteiger partial charge in [-0.1, -0.05) is 54.6 Å². The van der Waals surface area contributed by atoms with Gasteiger partial charge in [-0.05, 0) is 60.0 Å². The Labute approximate surface area is 214 Å². The molecule has 0 saturated heterocycles. The minimum absolute atomic E-state index is 0.0611. The quantitative estimate of drug-likeness (QED) is 0.176. The zero-order chi connectivity index (χ0) is 26.9. The Balaban J connectivity index is 1.45. The number of hydrogen-bond donors (Lipinski definition) is 0. The molecule has 0 radical (unpaired) electrons. The number of esters is 1. The number of carbonyl (C=O) groups is 1. The third-order valence-electron chi connectivity index (χ3n) is 5.73. The van der Waals surface area contributed by atoms with Crippen LogP contribution in [0.5, 0.6) is 17.2 Å². The molecule has 0 aliphatic carbocycles. The first-order valence-electron chi connectivity index (χ1n) is 11.5. The topological polar surface area (TPSA) is 65.7 Å². The first kappa shape index (κ1) is 24.8. The molecule has 1 aromatic heterocycles. The summed E-state index contributed by atoms with van der Waals surface area (Å²) in [5.74, 6) is -3.30. The number of fused-ring (bicyclic) bond motifs is 1. The van der Waals surface area contributed by atoms with E-state index in [2.05, 4.69) is 0 Å². The van der Waals surface area contributed by atoms with Gasteiger partial charge in [-0.15, -0.1) is 0 Å². The van der Waals surface area contributed by atoms with Crippen molar-refractivity contribution in [3.8, 4) is 28.4 Å². The van der Waals surface area contributed by atoms with Crippen molar-refractivity contribution in [3.63, 3.8) is 0 Å². The van der Waals surface area contributed by atoms with E-state index < -0.39 is 34.7 Å². The molecule has 0 spiro atoms. The van der Waals surface area contributed by atoms with Crippen LogP contribution in [0.1, 0.15) is 21.7 Å². The maximum atomic E-state index is 13.8. The number of ether oxygens (including phenoxy) is 2. The number of hydrogen-bond acceptors (Lipinski definition) is 5. The summed E-state index contributed by atoms with van der Waals surface area (Å²) in [4.78, 5) is 25.7. The lowest BCUT2D eigenvalue weighted by molar-refractivity contribution is -0.154. The Bertz CT molecular complexity index is 1690. The molecule has 38 heavy (non-hydrogen) atoms. The average molecular weight is 516 g/mol. The van der Waals surface area contributed by atoms with E-state index in [1.807, 2.05) is 30.3 Å². The molecule has 0 saturated carbocycles. The van der Waals surface area contributed by atoms with Crippen LogP contribution in [0, 0.1) is 6.92 Å². The van der Waals surface area contributed by atoms with Crippen molar-refractivity contribution >= 4 is 16.9 Å². The third kappa shape index (κ3) is 5.15. The van der Waals surface area contributed by atoms with Crippen molar-refractivity contribution in [3.05, 3.63) is 124 Å². The van der Waals surface area contributed by atoms with Crippen molar-refractivity contribution in [2.24, 2.45) is 0 Å². The maximum absolute atomic E-state index is 13.8. The average Bonchev–Trinajstić information content (AvgIpc) is 2.90. The molecule has 5 nitrogen and oxygen atoms in total. The molecular formula is C30H19F3O5. The predicted molar refractivity (Wildman–Crippen MR) is 136 cm³/mol. The fourth-order valence-corrected chi connectivity index (χ4v) is 3.89. The highest BCUT2D eigenvalue weighted by Gasteiger charge is 2.40. The minimum Gasteiger partial charge on any atom is -0.449 e. The summed E-state index contributed by atoms with van der Waals surface area (Å²) in [6, 6.07) is 26.1.